The van der Waals surface area contributed by atoms with Gasteiger partial charge in [0.1, 0.15) is 0 Å². The van der Waals surface area contributed by atoms with E-state index in [1.165, 1.54) is 31.4 Å². The lowest BCUT2D eigenvalue weighted by Crippen LogP contribution is -2.28. The average Bonchev–Trinajstić information content (AvgIpc) is 3.10. The van der Waals surface area contributed by atoms with Crippen LogP contribution in [0.3, 0.4) is 0 Å². The molecule has 1 aliphatic heterocycles. The van der Waals surface area contributed by atoms with Gasteiger partial charge in [0.05, 0.1) is 0 Å². The van der Waals surface area contributed by atoms with Gasteiger partial charge in [-0.25, -0.2) is 0 Å². The van der Waals surface area contributed by atoms with Crippen molar-refractivity contribution < 1.29 is 9.53 Å². The smallest absolute Gasteiger partial charge is 0.228 e. The summed E-state index contributed by atoms with van der Waals surface area (Å²) in [5, 5.41) is 10.2. The maximum atomic E-state index is 12.1. The molecule has 1 amide bonds. The van der Waals surface area contributed by atoms with E-state index in [2.05, 4.69) is 15.5 Å². The molecule has 0 aromatic carbocycles. The molecule has 1 saturated heterocycles. The third-order valence-electron chi connectivity index (χ3n) is 4.24. The lowest BCUT2D eigenvalue weighted by molar-refractivity contribution is -0.122. The van der Waals surface area contributed by atoms with Crippen LogP contribution in [0.15, 0.2) is 6.07 Å². The van der Waals surface area contributed by atoms with Crippen LogP contribution >= 0.6 is 0 Å². The van der Waals surface area contributed by atoms with Crippen LogP contribution in [0.2, 0.25) is 0 Å². The first-order valence-corrected chi connectivity index (χ1v) is 7.27. The first-order chi connectivity index (χ1) is 9.33. The number of nitrogens with zero attached hydrogens (tertiary/aromatic N) is 1. The Balaban J connectivity index is 1.58. The van der Waals surface area contributed by atoms with Crippen molar-refractivity contribution in [2.24, 2.45) is 5.92 Å². The Bertz CT molecular complexity index is 432. The summed E-state index contributed by atoms with van der Waals surface area (Å²) in [4.78, 5) is 12.1. The second-order valence-electron chi connectivity index (χ2n) is 5.57. The quantitative estimate of drug-likeness (QED) is 0.880. The molecule has 5 nitrogen and oxygen atoms in total. The molecule has 2 heterocycles. The summed E-state index contributed by atoms with van der Waals surface area (Å²) >= 11 is 0. The number of ether oxygens (including phenoxy) is 1. The lowest BCUT2D eigenvalue weighted by Gasteiger charge is -2.20. The molecule has 0 unspecified atom stereocenters. The molecule has 3 rings (SSSR count). The number of carbonyl (C=O) groups excluding carboxylic acids is 1. The highest BCUT2D eigenvalue weighted by Gasteiger charge is 2.23. The van der Waals surface area contributed by atoms with Gasteiger partial charge in [-0.2, -0.15) is 5.10 Å². The highest BCUT2D eigenvalue weighted by molar-refractivity contribution is 5.91. The van der Waals surface area contributed by atoms with Gasteiger partial charge in [0.25, 0.3) is 0 Å². The summed E-state index contributed by atoms with van der Waals surface area (Å²) in [5.41, 5.74) is 1.17. The summed E-state index contributed by atoms with van der Waals surface area (Å²) in [5.74, 6) is 1.41. The number of carbonyl (C=O) groups is 1. The molecule has 0 radical (unpaired) electrons. The largest absolute Gasteiger partial charge is 0.381 e. The Morgan fingerprint density at radius 1 is 1.26 bits per heavy atom. The standard InChI is InChI=1S/C14H21N3O2/c18-14(11-5-7-19-8-6-11)15-13-9-12(16-17-13)10-3-1-2-4-10/h9-11H,1-8H2,(H2,15,16,17,18). The van der Waals surface area contributed by atoms with Crippen LogP contribution < -0.4 is 5.32 Å². The van der Waals surface area contributed by atoms with Gasteiger partial charge in [-0.05, 0) is 25.7 Å². The fourth-order valence-electron chi connectivity index (χ4n) is 3.03. The van der Waals surface area contributed by atoms with Crippen molar-refractivity contribution >= 4 is 11.7 Å². The predicted octanol–water partition coefficient (Wildman–Crippen LogP) is 2.43. The molecule has 2 fully saturated rings. The summed E-state index contributed by atoms with van der Waals surface area (Å²) in [6.07, 6.45) is 6.68. The molecule has 104 valence electrons. The molecule has 1 aromatic heterocycles. The van der Waals surface area contributed by atoms with Gasteiger partial charge in [0.2, 0.25) is 5.91 Å². The second kappa shape index (κ2) is 5.74. The monoisotopic (exact) mass is 263 g/mol. The minimum absolute atomic E-state index is 0.0698. The minimum atomic E-state index is 0.0698. The number of aromatic amines is 1. The predicted molar refractivity (Wildman–Crippen MR) is 72.0 cm³/mol. The van der Waals surface area contributed by atoms with Gasteiger partial charge in [0, 0.05) is 36.8 Å². The summed E-state index contributed by atoms with van der Waals surface area (Å²) in [6, 6.07) is 1.99. The Hall–Kier alpha value is -1.36. The minimum Gasteiger partial charge on any atom is -0.381 e. The Morgan fingerprint density at radius 3 is 2.74 bits per heavy atom. The zero-order valence-corrected chi connectivity index (χ0v) is 11.2. The third kappa shape index (κ3) is 2.97. The van der Waals surface area contributed by atoms with Crippen LogP contribution in [0, 0.1) is 5.92 Å². The van der Waals surface area contributed by atoms with Crippen LogP contribution in [0.1, 0.15) is 50.1 Å². The fourth-order valence-corrected chi connectivity index (χ4v) is 3.03. The van der Waals surface area contributed by atoms with E-state index in [0.717, 1.165) is 12.8 Å². The molecular weight excluding hydrogens is 242 g/mol. The molecule has 1 saturated carbocycles. The maximum absolute atomic E-state index is 12.1. The number of hydrogen-bond acceptors (Lipinski definition) is 3. The van der Waals surface area contributed by atoms with Crippen molar-refractivity contribution in [2.75, 3.05) is 18.5 Å². The fraction of sp³-hybridized carbons (Fsp3) is 0.714. The molecule has 0 bridgehead atoms. The summed E-state index contributed by atoms with van der Waals surface area (Å²) in [7, 11) is 0. The number of rotatable bonds is 3. The van der Waals surface area contributed by atoms with Gasteiger partial charge in [-0.3, -0.25) is 9.89 Å². The first-order valence-electron chi connectivity index (χ1n) is 7.27. The van der Waals surface area contributed by atoms with Crippen LogP contribution in [-0.2, 0) is 9.53 Å². The number of anilines is 1. The van der Waals surface area contributed by atoms with E-state index < -0.39 is 0 Å². The SMILES string of the molecule is O=C(Nc1cc(C2CCCC2)[nH]n1)C1CCOCC1. The molecule has 2 aliphatic rings. The maximum Gasteiger partial charge on any atom is 0.228 e. The summed E-state index contributed by atoms with van der Waals surface area (Å²) < 4.78 is 5.27. The van der Waals surface area contributed by atoms with E-state index >= 15 is 0 Å². The molecule has 0 spiro atoms. The summed E-state index contributed by atoms with van der Waals surface area (Å²) in [6.45, 7) is 1.37. The van der Waals surface area contributed by atoms with Crippen molar-refractivity contribution in [1.29, 1.82) is 0 Å². The number of nitrogens with one attached hydrogen (secondary N) is 2. The normalized spacial score (nSPS) is 21.7. The Labute approximate surface area is 113 Å². The zero-order valence-electron chi connectivity index (χ0n) is 11.2. The van der Waals surface area contributed by atoms with E-state index in [1.807, 2.05) is 6.07 Å². The van der Waals surface area contributed by atoms with E-state index in [4.69, 9.17) is 4.74 Å². The van der Waals surface area contributed by atoms with E-state index in [-0.39, 0.29) is 11.8 Å². The molecule has 2 N–H and O–H groups in total. The topological polar surface area (TPSA) is 67.0 Å². The van der Waals surface area contributed by atoms with Crippen LogP contribution in [0.4, 0.5) is 5.82 Å². The highest BCUT2D eigenvalue weighted by atomic mass is 16.5. The number of hydrogen-bond donors (Lipinski definition) is 2. The molecule has 1 aromatic rings. The van der Waals surface area contributed by atoms with Crippen molar-refractivity contribution in [3.63, 3.8) is 0 Å². The van der Waals surface area contributed by atoms with E-state index in [9.17, 15) is 4.79 Å². The molecular formula is C14H21N3O2. The Kier molecular flexibility index (Phi) is 3.82. The van der Waals surface area contributed by atoms with E-state index in [1.54, 1.807) is 0 Å². The first kappa shape index (κ1) is 12.7. The van der Waals surface area contributed by atoms with Crippen LogP contribution in [0.5, 0.6) is 0 Å². The van der Waals surface area contributed by atoms with Gasteiger partial charge >= 0.3 is 0 Å². The van der Waals surface area contributed by atoms with Crippen molar-refractivity contribution in [3.8, 4) is 0 Å². The lowest BCUT2D eigenvalue weighted by atomic mass is 9.99. The highest BCUT2D eigenvalue weighted by Crippen LogP contribution is 2.33. The average molecular weight is 263 g/mol. The second-order valence-corrected chi connectivity index (χ2v) is 5.57. The van der Waals surface area contributed by atoms with Crippen molar-refractivity contribution in [3.05, 3.63) is 11.8 Å². The van der Waals surface area contributed by atoms with Gasteiger partial charge in [-0.15, -0.1) is 0 Å². The van der Waals surface area contributed by atoms with Crippen molar-refractivity contribution in [2.45, 2.75) is 44.4 Å². The zero-order chi connectivity index (χ0) is 13.1. The molecule has 5 heteroatoms. The van der Waals surface area contributed by atoms with Crippen LogP contribution in [0.25, 0.3) is 0 Å². The van der Waals surface area contributed by atoms with Gasteiger partial charge < -0.3 is 10.1 Å². The Morgan fingerprint density at radius 2 is 2.00 bits per heavy atom. The van der Waals surface area contributed by atoms with Gasteiger partial charge in [0.15, 0.2) is 5.82 Å². The van der Waals surface area contributed by atoms with E-state index in [0.29, 0.717) is 24.9 Å². The van der Waals surface area contributed by atoms with Crippen LogP contribution in [-0.4, -0.2) is 29.3 Å². The number of amides is 1. The third-order valence-corrected chi connectivity index (χ3v) is 4.24. The number of aromatic nitrogens is 2. The van der Waals surface area contributed by atoms with Crippen molar-refractivity contribution in [1.82, 2.24) is 10.2 Å². The molecule has 1 aliphatic carbocycles. The van der Waals surface area contributed by atoms with Gasteiger partial charge in [-0.1, -0.05) is 12.8 Å². The molecule has 0 atom stereocenters. The molecule has 19 heavy (non-hydrogen) atoms. The number of H-pyrrole nitrogens is 1.